The Kier molecular flexibility index (Phi) is 9.01. The van der Waals surface area contributed by atoms with E-state index in [1.54, 1.807) is 0 Å². The van der Waals surface area contributed by atoms with Crippen LogP contribution in [0.3, 0.4) is 0 Å². The van der Waals surface area contributed by atoms with Crippen LogP contribution in [0.2, 0.25) is 5.02 Å². The summed E-state index contributed by atoms with van der Waals surface area (Å²) in [5.74, 6) is 3.80. The minimum atomic E-state index is -0.427. The van der Waals surface area contributed by atoms with Crippen LogP contribution in [0.25, 0.3) is 0 Å². The molecule has 0 aliphatic heterocycles. The number of fused-ring (bicyclic) bond motifs is 2. The minimum absolute atomic E-state index is 0.258. The lowest BCUT2D eigenvalue weighted by Gasteiger charge is -2.47. The number of nitriles is 1. The molecule has 1 aromatic heterocycles. The van der Waals surface area contributed by atoms with E-state index in [4.69, 9.17) is 11.6 Å². The summed E-state index contributed by atoms with van der Waals surface area (Å²) in [6.07, 6.45) is 10.6. The zero-order valence-electron chi connectivity index (χ0n) is 22.3. The molecule has 1 heterocycles. The zero-order chi connectivity index (χ0) is 26.5. The van der Waals surface area contributed by atoms with Crippen LogP contribution < -0.4 is 16.0 Å². The summed E-state index contributed by atoms with van der Waals surface area (Å²) >= 11 is 6.24. The zero-order valence-corrected chi connectivity index (χ0v) is 23.1. The van der Waals surface area contributed by atoms with Crippen LogP contribution in [0.5, 0.6) is 0 Å². The van der Waals surface area contributed by atoms with Crippen LogP contribution in [0.4, 0.5) is 16.2 Å². The van der Waals surface area contributed by atoms with Gasteiger partial charge in [0.15, 0.2) is 11.6 Å². The molecule has 6 nitrogen and oxygen atoms in total. The Bertz CT molecular complexity index is 1110. The standard InChI is InChI=1S/C30H40ClFN6/c1-19-10-22-11-23(13-25(12-22)28(19)34-15-21-8-6-20(14-33)7-9-21)16-35-29-27(32)18-37-30(38-29)36-17-24-4-2-3-5-26(24)31/h2-5,18-23,25,28,34H,6-13,15-17H2,1H3,(H2,35,36,37,38)/t19-,20?,21?,22?,23-,25-,28+/m1/s1. The number of anilines is 2. The van der Waals surface area contributed by atoms with Crippen molar-refractivity contribution >= 4 is 23.4 Å². The van der Waals surface area contributed by atoms with E-state index in [-0.39, 0.29) is 11.7 Å². The Labute approximate surface area is 231 Å². The fraction of sp³-hybridized carbons (Fsp3) is 0.633. The fourth-order valence-electron chi connectivity index (χ4n) is 7.21. The molecule has 1 aromatic carbocycles. The second kappa shape index (κ2) is 12.6. The second-order valence-electron chi connectivity index (χ2n) is 11.9. The van der Waals surface area contributed by atoms with Gasteiger partial charge < -0.3 is 16.0 Å². The highest BCUT2D eigenvalue weighted by molar-refractivity contribution is 6.31. The fourth-order valence-corrected chi connectivity index (χ4v) is 7.41. The molecule has 3 N–H and O–H groups in total. The smallest absolute Gasteiger partial charge is 0.225 e. The summed E-state index contributed by atoms with van der Waals surface area (Å²) in [6, 6.07) is 10.6. The molecule has 0 radical (unpaired) electrons. The summed E-state index contributed by atoms with van der Waals surface area (Å²) < 4.78 is 14.6. The lowest BCUT2D eigenvalue weighted by atomic mass is 9.62. The van der Waals surface area contributed by atoms with Crippen molar-refractivity contribution in [3.63, 3.8) is 0 Å². The molecule has 3 saturated carbocycles. The van der Waals surface area contributed by atoms with Gasteiger partial charge in [-0.1, -0.05) is 36.7 Å². The van der Waals surface area contributed by atoms with Gasteiger partial charge in [0.1, 0.15) is 0 Å². The lowest BCUT2D eigenvalue weighted by Crippen LogP contribution is -2.50. The predicted molar refractivity (Wildman–Crippen MR) is 150 cm³/mol. The number of aromatic nitrogens is 2. The molecular formula is C30H40ClFN6. The van der Waals surface area contributed by atoms with E-state index in [9.17, 15) is 9.65 Å². The van der Waals surface area contributed by atoms with Crippen molar-refractivity contribution in [3.05, 3.63) is 46.9 Å². The van der Waals surface area contributed by atoms with E-state index in [0.29, 0.717) is 47.2 Å². The summed E-state index contributed by atoms with van der Waals surface area (Å²) in [5, 5.41) is 20.3. The number of halogens is 2. The van der Waals surface area contributed by atoms with Crippen molar-refractivity contribution in [1.29, 1.82) is 5.26 Å². The Morgan fingerprint density at radius 1 is 1.03 bits per heavy atom. The summed E-state index contributed by atoms with van der Waals surface area (Å²) in [7, 11) is 0. The summed E-state index contributed by atoms with van der Waals surface area (Å²) in [6.45, 7) is 4.69. The maximum absolute atomic E-state index is 14.6. The van der Waals surface area contributed by atoms with Gasteiger partial charge in [-0.3, -0.25) is 0 Å². The van der Waals surface area contributed by atoms with Crippen LogP contribution in [0, 0.1) is 52.7 Å². The van der Waals surface area contributed by atoms with Crippen LogP contribution in [0.1, 0.15) is 63.9 Å². The van der Waals surface area contributed by atoms with Crippen molar-refractivity contribution in [2.45, 2.75) is 70.9 Å². The maximum Gasteiger partial charge on any atom is 0.225 e. The third-order valence-electron chi connectivity index (χ3n) is 9.13. The molecule has 0 saturated heterocycles. The SMILES string of the molecule is C[C@@H]1CC2C[C@@H](CNc3nc(NCc4ccccc4Cl)ncc3F)C[C@@H](C2)[C@H]1NCC1CCC(C#N)CC1. The molecule has 5 atom stereocenters. The Hall–Kier alpha value is -2.43. The third-order valence-corrected chi connectivity index (χ3v) is 9.50. The van der Waals surface area contributed by atoms with E-state index in [0.717, 1.165) is 43.8 Å². The largest absolute Gasteiger partial charge is 0.367 e. The van der Waals surface area contributed by atoms with E-state index in [2.05, 4.69) is 38.9 Å². The number of hydrogen-bond acceptors (Lipinski definition) is 6. The van der Waals surface area contributed by atoms with Gasteiger partial charge in [0.25, 0.3) is 0 Å². The van der Waals surface area contributed by atoms with Crippen molar-refractivity contribution < 1.29 is 4.39 Å². The first-order valence-electron chi connectivity index (χ1n) is 14.3. The normalized spacial score (nSPS) is 30.8. The van der Waals surface area contributed by atoms with Crippen molar-refractivity contribution in [2.24, 2.45) is 35.5 Å². The summed E-state index contributed by atoms with van der Waals surface area (Å²) in [4.78, 5) is 8.52. The minimum Gasteiger partial charge on any atom is -0.367 e. The topological polar surface area (TPSA) is 85.7 Å². The second-order valence-corrected chi connectivity index (χ2v) is 12.3. The molecule has 3 aliphatic carbocycles. The Morgan fingerprint density at radius 3 is 2.63 bits per heavy atom. The number of benzene rings is 1. The van der Waals surface area contributed by atoms with Gasteiger partial charge in [-0.15, -0.1) is 0 Å². The molecule has 1 unspecified atom stereocenters. The van der Waals surface area contributed by atoms with Gasteiger partial charge >= 0.3 is 0 Å². The van der Waals surface area contributed by atoms with Crippen molar-refractivity contribution in [3.8, 4) is 6.07 Å². The van der Waals surface area contributed by atoms with E-state index in [1.165, 1.54) is 38.3 Å². The predicted octanol–water partition coefficient (Wildman–Crippen LogP) is 6.65. The van der Waals surface area contributed by atoms with Crippen LogP contribution in [0.15, 0.2) is 30.5 Å². The third kappa shape index (κ3) is 6.76. The van der Waals surface area contributed by atoms with Gasteiger partial charge in [0.05, 0.1) is 12.3 Å². The van der Waals surface area contributed by atoms with Gasteiger partial charge in [-0.05, 0) is 99.1 Å². The first-order chi connectivity index (χ1) is 18.5. The van der Waals surface area contributed by atoms with Crippen molar-refractivity contribution in [2.75, 3.05) is 23.7 Å². The van der Waals surface area contributed by atoms with Gasteiger partial charge in [0.2, 0.25) is 5.95 Å². The highest BCUT2D eigenvalue weighted by Crippen LogP contribution is 2.45. The quantitative estimate of drug-likeness (QED) is 0.331. The summed E-state index contributed by atoms with van der Waals surface area (Å²) in [5.41, 5.74) is 0.942. The van der Waals surface area contributed by atoms with E-state index < -0.39 is 5.82 Å². The van der Waals surface area contributed by atoms with Gasteiger partial charge in [-0.2, -0.15) is 10.2 Å². The number of hydrogen-bond donors (Lipinski definition) is 3. The van der Waals surface area contributed by atoms with Crippen LogP contribution in [-0.2, 0) is 6.54 Å². The molecule has 204 valence electrons. The highest BCUT2D eigenvalue weighted by Gasteiger charge is 2.41. The van der Waals surface area contributed by atoms with E-state index >= 15 is 0 Å². The highest BCUT2D eigenvalue weighted by atomic mass is 35.5. The molecule has 0 amide bonds. The van der Waals surface area contributed by atoms with E-state index in [1.807, 2.05) is 24.3 Å². The molecule has 38 heavy (non-hydrogen) atoms. The maximum atomic E-state index is 14.6. The molecule has 0 spiro atoms. The first-order valence-corrected chi connectivity index (χ1v) is 14.7. The lowest BCUT2D eigenvalue weighted by molar-refractivity contribution is 0.0650. The van der Waals surface area contributed by atoms with Crippen molar-refractivity contribution in [1.82, 2.24) is 15.3 Å². The molecule has 2 aromatic rings. The molecule has 5 rings (SSSR count). The molecule has 3 fully saturated rings. The van der Waals surface area contributed by atoms with Crippen LogP contribution >= 0.6 is 11.6 Å². The number of rotatable bonds is 9. The molecular weight excluding hydrogens is 499 g/mol. The monoisotopic (exact) mass is 538 g/mol. The number of nitrogens with zero attached hydrogens (tertiary/aromatic N) is 3. The Morgan fingerprint density at radius 2 is 1.84 bits per heavy atom. The molecule has 8 heteroatoms. The Balaban J connectivity index is 1.13. The van der Waals surface area contributed by atoms with Gasteiger partial charge in [-0.25, -0.2) is 9.37 Å². The molecule has 3 aliphatic rings. The number of nitrogens with one attached hydrogen (secondary N) is 3. The average molecular weight is 539 g/mol. The molecule has 2 bridgehead atoms. The average Bonchev–Trinajstić information content (AvgIpc) is 2.92. The van der Waals surface area contributed by atoms with Gasteiger partial charge in [0, 0.05) is 30.1 Å². The first kappa shape index (κ1) is 27.1. The van der Waals surface area contributed by atoms with Crippen LogP contribution in [-0.4, -0.2) is 29.1 Å².